The number of hydrogen-bond donors (Lipinski definition) is 2. The Bertz CT molecular complexity index is 1420. The second-order valence-electron chi connectivity index (χ2n) is 8.66. The summed E-state index contributed by atoms with van der Waals surface area (Å²) in [4.78, 5) is 19.5. The van der Waals surface area contributed by atoms with E-state index in [-0.39, 0.29) is 35.4 Å². The molecule has 1 saturated heterocycles. The predicted octanol–water partition coefficient (Wildman–Crippen LogP) is 2.94. The number of anilines is 1. The van der Waals surface area contributed by atoms with Crippen molar-refractivity contribution in [2.45, 2.75) is 13.0 Å². The van der Waals surface area contributed by atoms with Crippen LogP contribution in [-0.4, -0.2) is 69.2 Å². The quantitative estimate of drug-likeness (QED) is 0.374. The zero-order chi connectivity index (χ0) is 25.9. The van der Waals surface area contributed by atoms with Crippen LogP contribution in [0.5, 0.6) is 0 Å². The first kappa shape index (κ1) is 24.6. The SMILES string of the molecule is COC(=S)NCc1cn(-c2cc(F)c(N3CCN(C(=O)Cc4c[nH]c5ccccc45)CC3)c(F)c2)nn1. The highest BCUT2D eigenvalue weighted by atomic mass is 32.1. The van der Waals surface area contributed by atoms with Crippen molar-refractivity contribution in [1.82, 2.24) is 30.2 Å². The fourth-order valence-electron chi connectivity index (χ4n) is 4.46. The summed E-state index contributed by atoms with van der Waals surface area (Å²) < 4.78 is 36.3. The first-order valence-electron chi connectivity index (χ1n) is 11.7. The Morgan fingerprint density at radius 2 is 1.89 bits per heavy atom. The second kappa shape index (κ2) is 10.5. The molecule has 2 N–H and O–H groups in total. The Morgan fingerprint density at radius 1 is 1.16 bits per heavy atom. The topological polar surface area (TPSA) is 91.3 Å². The number of piperazine rings is 1. The van der Waals surface area contributed by atoms with Crippen molar-refractivity contribution < 1.29 is 18.3 Å². The largest absolute Gasteiger partial charge is 0.474 e. The molecule has 37 heavy (non-hydrogen) atoms. The number of nitrogens with zero attached hydrogens (tertiary/aromatic N) is 5. The number of fused-ring (bicyclic) bond motifs is 1. The van der Waals surface area contributed by atoms with E-state index in [0.717, 1.165) is 16.5 Å². The molecule has 0 radical (unpaired) electrons. The minimum atomic E-state index is -0.704. The van der Waals surface area contributed by atoms with E-state index in [2.05, 4.69) is 20.6 Å². The van der Waals surface area contributed by atoms with Crippen molar-refractivity contribution >= 4 is 39.9 Å². The fourth-order valence-corrected chi connectivity index (χ4v) is 4.53. The van der Waals surface area contributed by atoms with E-state index in [1.807, 2.05) is 30.5 Å². The normalized spacial score (nSPS) is 13.7. The molecule has 2 aromatic carbocycles. The minimum absolute atomic E-state index is 0.0107. The van der Waals surface area contributed by atoms with Gasteiger partial charge in [-0.2, -0.15) is 0 Å². The fraction of sp³-hybridized carbons (Fsp3) is 0.280. The number of H-pyrrole nitrogens is 1. The number of amides is 1. The molecule has 5 rings (SSSR count). The van der Waals surface area contributed by atoms with Gasteiger partial charge >= 0.3 is 0 Å². The molecule has 2 aromatic heterocycles. The Hall–Kier alpha value is -4.06. The van der Waals surface area contributed by atoms with Crippen molar-refractivity contribution in [2.24, 2.45) is 0 Å². The smallest absolute Gasteiger partial charge is 0.256 e. The lowest BCUT2D eigenvalue weighted by Crippen LogP contribution is -2.49. The summed E-state index contributed by atoms with van der Waals surface area (Å²) in [6, 6.07) is 10.3. The van der Waals surface area contributed by atoms with Crippen LogP contribution in [0.3, 0.4) is 0 Å². The van der Waals surface area contributed by atoms with Gasteiger partial charge in [0.1, 0.15) is 11.4 Å². The molecule has 12 heteroatoms. The maximum Gasteiger partial charge on any atom is 0.256 e. The van der Waals surface area contributed by atoms with Crippen LogP contribution < -0.4 is 10.2 Å². The van der Waals surface area contributed by atoms with Gasteiger partial charge in [-0.25, -0.2) is 13.5 Å². The molecule has 1 amide bonds. The van der Waals surface area contributed by atoms with E-state index in [1.54, 1.807) is 16.0 Å². The maximum atomic E-state index is 15.1. The first-order valence-corrected chi connectivity index (χ1v) is 12.1. The van der Waals surface area contributed by atoms with Crippen LogP contribution in [0.1, 0.15) is 11.3 Å². The average molecular weight is 526 g/mol. The Morgan fingerprint density at radius 3 is 2.62 bits per heavy atom. The number of aromatic amines is 1. The number of aromatic nitrogens is 4. The van der Waals surface area contributed by atoms with Gasteiger partial charge in [-0.15, -0.1) is 5.10 Å². The monoisotopic (exact) mass is 525 g/mol. The van der Waals surface area contributed by atoms with Crippen molar-refractivity contribution in [2.75, 3.05) is 38.2 Å². The van der Waals surface area contributed by atoms with Gasteiger partial charge in [0.05, 0.1) is 32.0 Å². The lowest BCUT2D eigenvalue weighted by molar-refractivity contribution is -0.130. The lowest BCUT2D eigenvalue weighted by Gasteiger charge is -2.36. The zero-order valence-corrected chi connectivity index (χ0v) is 20.9. The van der Waals surface area contributed by atoms with Gasteiger partial charge in [-0.3, -0.25) is 4.79 Å². The number of methoxy groups -OCH3 is 1. The van der Waals surface area contributed by atoms with E-state index in [0.29, 0.717) is 31.9 Å². The van der Waals surface area contributed by atoms with E-state index < -0.39 is 11.6 Å². The molecule has 0 atom stereocenters. The summed E-state index contributed by atoms with van der Waals surface area (Å²) in [6.45, 7) is 1.67. The number of para-hydroxylation sites is 1. The summed E-state index contributed by atoms with van der Waals surface area (Å²) in [5.41, 5.74) is 2.54. The molecule has 0 saturated carbocycles. The highest BCUT2D eigenvalue weighted by Crippen LogP contribution is 2.28. The Labute approximate surface area is 217 Å². The van der Waals surface area contributed by atoms with E-state index in [4.69, 9.17) is 17.0 Å². The molecule has 1 aliphatic rings. The second-order valence-corrected chi connectivity index (χ2v) is 9.03. The number of carbonyl (C=O) groups is 1. The summed E-state index contributed by atoms with van der Waals surface area (Å²) >= 11 is 4.91. The minimum Gasteiger partial charge on any atom is -0.474 e. The number of halogens is 2. The van der Waals surface area contributed by atoms with Gasteiger partial charge in [0.15, 0.2) is 11.6 Å². The predicted molar refractivity (Wildman–Crippen MR) is 139 cm³/mol. The molecule has 0 unspecified atom stereocenters. The summed E-state index contributed by atoms with van der Waals surface area (Å²) in [6.07, 6.45) is 3.68. The van der Waals surface area contributed by atoms with Gasteiger partial charge in [-0.05, 0) is 23.8 Å². The lowest BCUT2D eigenvalue weighted by atomic mass is 10.1. The highest BCUT2D eigenvalue weighted by molar-refractivity contribution is 7.80. The molecule has 0 bridgehead atoms. The Kier molecular flexibility index (Phi) is 6.99. The third-order valence-electron chi connectivity index (χ3n) is 6.37. The number of carbonyl (C=O) groups excluding carboxylic acids is 1. The molecule has 1 aliphatic heterocycles. The molecule has 192 valence electrons. The van der Waals surface area contributed by atoms with Crippen LogP contribution in [0.4, 0.5) is 14.5 Å². The van der Waals surface area contributed by atoms with Crippen molar-refractivity contribution in [1.29, 1.82) is 0 Å². The van der Waals surface area contributed by atoms with Crippen molar-refractivity contribution in [3.63, 3.8) is 0 Å². The van der Waals surface area contributed by atoms with Crippen molar-refractivity contribution in [3.05, 3.63) is 71.7 Å². The van der Waals surface area contributed by atoms with E-state index >= 15 is 8.78 Å². The first-order chi connectivity index (χ1) is 17.9. The number of benzene rings is 2. The van der Waals surface area contributed by atoms with Gasteiger partial charge in [0.25, 0.3) is 5.17 Å². The maximum absolute atomic E-state index is 15.1. The van der Waals surface area contributed by atoms with Crippen LogP contribution >= 0.6 is 12.2 Å². The highest BCUT2D eigenvalue weighted by Gasteiger charge is 2.26. The summed E-state index contributed by atoms with van der Waals surface area (Å²) in [7, 11) is 1.45. The third-order valence-corrected chi connectivity index (χ3v) is 6.68. The molecule has 3 heterocycles. The number of ether oxygens (including phenoxy) is 1. The molecule has 9 nitrogen and oxygen atoms in total. The average Bonchev–Trinajstić information content (AvgIpc) is 3.55. The van der Waals surface area contributed by atoms with Crippen LogP contribution in [0.25, 0.3) is 16.6 Å². The van der Waals surface area contributed by atoms with Crippen LogP contribution in [-0.2, 0) is 22.5 Å². The Balaban J connectivity index is 1.22. The number of rotatable bonds is 6. The summed E-state index contributed by atoms with van der Waals surface area (Å²) in [5.74, 6) is -1.42. The zero-order valence-electron chi connectivity index (χ0n) is 20.1. The van der Waals surface area contributed by atoms with Gasteiger partial charge in [0, 0.05) is 55.4 Å². The number of nitrogens with one attached hydrogen (secondary N) is 2. The number of hydrogen-bond acceptors (Lipinski definition) is 6. The van der Waals surface area contributed by atoms with Gasteiger partial charge in [-0.1, -0.05) is 23.4 Å². The molecule has 0 spiro atoms. The van der Waals surface area contributed by atoms with Crippen molar-refractivity contribution in [3.8, 4) is 5.69 Å². The molecule has 4 aromatic rings. The van der Waals surface area contributed by atoms with E-state index in [1.165, 1.54) is 23.9 Å². The van der Waals surface area contributed by atoms with Crippen LogP contribution in [0.15, 0.2) is 48.8 Å². The standard InChI is InChI=1S/C25H25F2N7O2S/c1-36-25(37)29-14-17-15-34(31-30-17)18-11-20(26)24(21(27)12-18)33-8-6-32(7-9-33)23(35)10-16-13-28-22-5-3-2-4-19(16)22/h2-5,11-13,15,28H,6-10,14H2,1H3,(H,29,37). The molecular formula is C25H25F2N7O2S. The molecule has 1 fully saturated rings. The van der Waals surface area contributed by atoms with Gasteiger partial charge < -0.3 is 24.8 Å². The van der Waals surface area contributed by atoms with E-state index in [9.17, 15) is 4.79 Å². The van der Waals surface area contributed by atoms with Crippen LogP contribution in [0.2, 0.25) is 0 Å². The van der Waals surface area contributed by atoms with Crippen LogP contribution in [0, 0.1) is 11.6 Å². The number of thiocarbonyl (C=S) groups is 1. The third kappa shape index (κ3) is 5.24. The molecule has 0 aliphatic carbocycles. The summed E-state index contributed by atoms with van der Waals surface area (Å²) in [5, 5.41) is 12.0. The molecular weight excluding hydrogens is 500 g/mol. The van der Waals surface area contributed by atoms with Gasteiger partial charge in [0.2, 0.25) is 5.91 Å².